The Morgan fingerprint density at radius 3 is 2.89 bits per heavy atom. The van der Waals surface area contributed by atoms with E-state index in [1.54, 1.807) is 12.5 Å². The van der Waals surface area contributed by atoms with Crippen molar-refractivity contribution in [1.29, 1.82) is 0 Å². The number of aromatic amines is 1. The third-order valence-electron chi connectivity index (χ3n) is 3.92. The summed E-state index contributed by atoms with van der Waals surface area (Å²) in [4.78, 5) is 7.56. The lowest BCUT2D eigenvalue weighted by atomic mass is 9.90. The minimum atomic E-state index is -2.05. The van der Waals surface area contributed by atoms with Crippen LogP contribution in [0, 0.1) is 0 Å². The summed E-state index contributed by atoms with van der Waals surface area (Å²) in [5.74, 6) is 4.29. The van der Waals surface area contributed by atoms with Gasteiger partial charge in [-0.15, -0.1) is 0 Å². The van der Waals surface area contributed by atoms with E-state index in [4.69, 9.17) is 0 Å². The van der Waals surface area contributed by atoms with E-state index in [1.165, 1.54) is 10.9 Å². The van der Waals surface area contributed by atoms with E-state index in [9.17, 15) is 4.21 Å². The number of hydrogen-bond donors (Lipinski definition) is 1. The highest BCUT2D eigenvalue weighted by molar-refractivity contribution is 7.97. The predicted molar refractivity (Wildman–Crippen MR) is 80.8 cm³/mol. The minimum absolute atomic E-state index is 0.524. The van der Waals surface area contributed by atoms with Crippen LogP contribution in [0.4, 0.5) is 0 Å². The van der Waals surface area contributed by atoms with Crippen LogP contribution in [0.1, 0.15) is 24.3 Å². The summed E-state index contributed by atoms with van der Waals surface area (Å²) in [6, 6.07) is 4.09. The van der Waals surface area contributed by atoms with Crippen molar-refractivity contribution in [1.82, 2.24) is 14.3 Å². The van der Waals surface area contributed by atoms with Gasteiger partial charge in [0.1, 0.15) is 5.65 Å². The predicted octanol–water partition coefficient (Wildman–Crippen LogP) is 2.00. The van der Waals surface area contributed by atoms with Crippen molar-refractivity contribution in [2.24, 2.45) is 0 Å². The Morgan fingerprint density at radius 1 is 1.47 bits per heavy atom. The molecule has 2 aromatic rings. The maximum atomic E-state index is 11.9. The first-order valence-electron chi connectivity index (χ1n) is 6.55. The van der Waals surface area contributed by atoms with E-state index >= 15 is 0 Å². The average molecular weight is 277 g/mol. The standard InChI is InChI=1S/C14H19N3OS/c1-19(2,18)17-8-5-11(6-9-17)13-10-16-14-12(13)4-3-7-15-14/h3-4,7,10-11H,1,5-6,8-9H2,2H3,(H,15,16). The summed E-state index contributed by atoms with van der Waals surface area (Å²) < 4.78 is 14.0. The van der Waals surface area contributed by atoms with Gasteiger partial charge < -0.3 is 4.98 Å². The van der Waals surface area contributed by atoms with Gasteiger partial charge in [0, 0.05) is 46.8 Å². The van der Waals surface area contributed by atoms with Crippen LogP contribution in [0.5, 0.6) is 0 Å². The average Bonchev–Trinajstić information content (AvgIpc) is 2.82. The van der Waals surface area contributed by atoms with Gasteiger partial charge in [0.05, 0.1) is 0 Å². The Labute approximate surface area is 114 Å². The molecule has 1 N–H and O–H groups in total. The van der Waals surface area contributed by atoms with Crippen molar-refractivity contribution in [3.8, 4) is 0 Å². The lowest BCUT2D eigenvalue weighted by Gasteiger charge is -2.32. The third-order valence-corrected chi connectivity index (χ3v) is 5.38. The molecule has 1 saturated heterocycles. The van der Waals surface area contributed by atoms with E-state index in [0.29, 0.717) is 5.92 Å². The lowest BCUT2D eigenvalue weighted by Crippen LogP contribution is -2.36. The first-order chi connectivity index (χ1) is 9.05. The highest BCUT2D eigenvalue weighted by Gasteiger charge is 2.25. The highest BCUT2D eigenvalue weighted by Crippen LogP contribution is 2.32. The topological polar surface area (TPSA) is 49.0 Å². The molecule has 1 unspecified atom stereocenters. The maximum absolute atomic E-state index is 11.9. The molecule has 0 bridgehead atoms. The maximum Gasteiger partial charge on any atom is 0.137 e. The molecule has 0 spiro atoms. The van der Waals surface area contributed by atoms with Crippen molar-refractivity contribution < 1.29 is 4.21 Å². The van der Waals surface area contributed by atoms with E-state index < -0.39 is 9.71 Å². The zero-order chi connectivity index (χ0) is 13.5. The normalized spacial score (nSPS) is 21.5. The van der Waals surface area contributed by atoms with Crippen LogP contribution < -0.4 is 0 Å². The highest BCUT2D eigenvalue weighted by atomic mass is 32.2. The minimum Gasteiger partial charge on any atom is -0.346 e. The molecule has 1 aliphatic rings. The smallest absolute Gasteiger partial charge is 0.137 e. The van der Waals surface area contributed by atoms with Crippen LogP contribution in [0.25, 0.3) is 11.0 Å². The molecule has 1 fully saturated rings. The number of aromatic nitrogens is 2. The van der Waals surface area contributed by atoms with Crippen molar-refractivity contribution in [3.05, 3.63) is 30.1 Å². The Bertz CT molecular complexity index is 682. The molecule has 5 heteroatoms. The van der Waals surface area contributed by atoms with Crippen LogP contribution >= 0.6 is 0 Å². The van der Waals surface area contributed by atoms with Crippen LogP contribution in [0.2, 0.25) is 0 Å². The molecular formula is C14H19N3OS. The van der Waals surface area contributed by atoms with Crippen molar-refractivity contribution in [2.75, 3.05) is 19.3 Å². The molecule has 0 aliphatic carbocycles. The fourth-order valence-electron chi connectivity index (χ4n) is 2.87. The summed E-state index contributed by atoms with van der Waals surface area (Å²) in [6.07, 6.45) is 7.67. The van der Waals surface area contributed by atoms with Gasteiger partial charge >= 0.3 is 0 Å². The number of pyridine rings is 1. The quantitative estimate of drug-likeness (QED) is 0.854. The fraction of sp³-hybridized carbons (Fsp3) is 0.429. The second-order valence-electron chi connectivity index (χ2n) is 5.31. The first-order valence-corrected chi connectivity index (χ1v) is 8.64. The summed E-state index contributed by atoms with van der Waals surface area (Å²) in [6.45, 7) is 1.72. The van der Waals surface area contributed by atoms with E-state index in [1.807, 2.05) is 10.4 Å². The van der Waals surface area contributed by atoms with Crippen molar-refractivity contribution in [2.45, 2.75) is 18.8 Å². The zero-order valence-electron chi connectivity index (χ0n) is 11.1. The molecule has 2 aromatic heterocycles. The fourth-order valence-corrected chi connectivity index (χ4v) is 3.85. The molecule has 4 nitrogen and oxygen atoms in total. The number of fused-ring (bicyclic) bond motifs is 1. The second-order valence-corrected chi connectivity index (χ2v) is 7.74. The van der Waals surface area contributed by atoms with Crippen LogP contribution in [0.3, 0.4) is 0 Å². The van der Waals surface area contributed by atoms with Gasteiger partial charge in [-0.1, -0.05) is 0 Å². The molecule has 0 saturated carbocycles. The SMILES string of the molecule is C=S(C)(=O)N1CCC(c2c[nH]c3ncccc23)CC1. The third kappa shape index (κ3) is 2.40. The van der Waals surface area contributed by atoms with E-state index in [2.05, 4.69) is 28.1 Å². The Kier molecular flexibility index (Phi) is 3.11. The van der Waals surface area contributed by atoms with Gasteiger partial charge in [0.25, 0.3) is 0 Å². The van der Waals surface area contributed by atoms with Gasteiger partial charge in [-0.2, -0.15) is 0 Å². The lowest BCUT2D eigenvalue weighted by molar-refractivity contribution is 0.335. The summed E-state index contributed by atoms with van der Waals surface area (Å²) in [5.41, 5.74) is 2.30. The summed E-state index contributed by atoms with van der Waals surface area (Å²) in [7, 11) is -2.05. The van der Waals surface area contributed by atoms with E-state index in [-0.39, 0.29) is 0 Å². The number of H-pyrrole nitrogens is 1. The monoisotopic (exact) mass is 277 g/mol. The number of hydrogen-bond acceptors (Lipinski definition) is 2. The molecule has 1 aliphatic heterocycles. The van der Waals surface area contributed by atoms with Gasteiger partial charge in [-0.25, -0.2) is 9.29 Å². The summed E-state index contributed by atoms with van der Waals surface area (Å²) in [5, 5.41) is 1.22. The molecule has 0 aromatic carbocycles. The Hall–Kier alpha value is -1.33. The van der Waals surface area contributed by atoms with Gasteiger partial charge in [-0.05, 0) is 42.3 Å². The Morgan fingerprint density at radius 2 is 2.21 bits per heavy atom. The largest absolute Gasteiger partial charge is 0.346 e. The molecule has 3 rings (SSSR count). The van der Waals surface area contributed by atoms with Crippen LogP contribution in [0.15, 0.2) is 24.5 Å². The zero-order valence-corrected chi connectivity index (χ0v) is 11.9. The van der Waals surface area contributed by atoms with Crippen LogP contribution in [-0.2, 0) is 9.71 Å². The van der Waals surface area contributed by atoms with Gasteiger partial charge in [-0.3, -0.25) is 4.21 Å². The first kappa shape index (κ1) is 12.7. The van der Waals surface area contributed by atoms with Gasteiger partial charge in [0.15, 0.2) is 0 Å². The van der Waals surface area contributed by atoms with Gasteiger partial charge in [0.2, 0.25) is 0 Å². The number of nitrogens with zero attached hydrogens (tertiary/aromatic N) is 2. The molecule has 1 atom stereocenters. The molecule has 19 heavy (non-hydrogen) atoms. The second kappa shape index (κ2) is 4.65. The molecule has 102 valence electrons. The summed E-state index contributed by atoms with van der Waals surface area (Å²) >= 11 is 0. The Balaban J connectivity index is 1.82. The van der Waals surface area contributed by atoms with Crippen molar-refractivity contribution in [3.63, 3.8) is 0 Å². The van der Waals surface area contributed by atoms with Crippen molar-refractivity contribution >= 4 is 26.6 Å². The number of rotatable bonds is 2. The van der Waals surface area contributed by atoms with E-state index in [0.717, 1.165) is 31.6 Å². The molecule has 3 heterocycles. The molecule has 0 radical (unpaired) electrons. The number of piperidine rings is 1. The molecule has 0 amide bonds. The molecular weight excluding hydrogens is 258 g/mol. The van der Waals surface area contributed by atoms with Crippen LogP contribution in [-0.4, -0.2) is 43.7 Å². The number of nitrogens with one attached hydrogen (secondary N) is 1.